The lowest BCUT2D eigenvalue weighted by atomic mass is 9.70. The van der Waals surface area contributed by atoms with Crippen molar-refractivity contribution in [3.05, 3.63) is 12.2 Å². The van der Waals surface area contributed by atoms with Crippen molar-refractivity contribution in [1.29, 1.82) is 0 Å². The zero-order valence-corrected chi connectivity index (χ0v) is 7.41. The van der Waals surface area contributed by atoms with Crippen molar-refractivity contribution >= 4 is 6.29 Å². The summed E-state index contributed by atoms with van der Waals surface area (Å²) in [6.45, 7) is 0. The SMILES string of the molecule is O=CC1CCC2CC=CCC2C1. The largest absolute Gasteiger partial charge is 0.303 e. The molecule has 1 fully saturated rings. The molecule has 12 heavy (non-hydrogen) atoms. The van der Waals surface area contributed by atoms with Crippen LogP contribution < -0.4 is 0 Å². The summed E-state index contributed by atoms with van der Waals surface area (Å²) in [4.78, 5) is 10.6. The van der Waals surface area contributed by atoms with Crippen molar-refractivity contribution in [2.24, 2.45) is 17.8 Å². The van der Waals surface area contributed by atoms with Gasteiger partial charge in [0.2, 0.25) is 0 Å². The van der Waals surface area contributed by atoms with E-state index in [1.807, 2.05) is 0 Å². The average molecular weight is 164 g/mol. The highest BCUT2D eigenvalue weighted by Gasteiger charge is 2.29. The third kappa shape index (κ3) is 1.45. The quantitative estimate of drug-likeness (QED) is 0.430. The maximum atomic E-state index is 10.6. The lowest BCUT2D eigenvalue weighted by molar-refractivity contribution is -0.112. The lowest BCUT2D eigenvalue weighted by Crippen LogP contribution is -2.26. The van der Waals surface area contributed by atoms with E-state index in [0.717, 1.165) is 31.0 Å². The van der Waals surface area contributed by atoms with Gasteiger partial charge in [0.15, 0.2) is 0 Å². The maximum Gasteiger partial charge on any atom is 0.123 e. The smallest absolute Gasteiger partial charge is 0.123 e. The van der Waals surface area contributed by atoms with Crippen molar-refractivity contribution in [3.8, 4) is 0 Å². The predicted octanol–water partition coefficient (Wildman–Crippen LogP) is 2.57. The van der Waals surface area contributed by atoms with Crippen LogP contribution in [0.1, 0.15) is 32.1 Å². The van der Waals surface area contributed by atoms with E-state index in [1.54, 1.807) is 0 Å². The Bertz CT molecular complexity index is 195. The molecule has 0 amide bonds. The van der Waals surface area contributed by atoms with E-state index in [4.69, 9.17) is 0 Å². The van der Waals surface area contributed by atoms with Gasteiger partial charge in [-0.25, -0.2) is 0 Å². The highest BCUT2D eigenvalue weighted by Crippen LogP contribution is 2.39. The molecule has 1 nitrogen and oxygen atoms in total. The predicted molar refractivity (Wildman–Crippen MR) is 48.8 cm³/mol. The van der Waals surface area contributed by atoms with Gasteiger partial charge in [-0.2, -0.15) is 0 Å². The highest BCUT2D eigenvalue weighted by molar-refractivity contribution is 5.53. The number of hydrogen-bond donors (Lipinski definition) is 0. The van der Waals surface area contributed by atoms with E-state index in [9.17, 15) is 4.79 Å². The molecule has 2 aliphatic carbocycles. The Morgan fingerprint density at radius 2 is 1.83 bits per heavy atom. The maximum absolute atomic E-state index is 10.6. The van der Waals surface area contributed by atoms with Crippen molar-refractivity contribution in [1.82, 2.24) is 0 Å². The molecular weight excluding hydrogens is 148 g/mol. The van der Waals surface area contributed by atoms with E-state index >= 15 is 0 Å². The Morgan fingerprint density at radius 1 is 1.08 bits per heavy atom. The normalized spacial score (nSPS) is 40.5. The molecule has 66 valence electrons. The first-order valence-electron chi connectivity index (χ1n) is 5.00. The number of carbonyl (C=O) groups is 1. The van der Waals surface area contributed by atoms with Gasteiger partial charge in [-0.1, -0.05) is 12.2 Å². The van der Waals surface area contributed by atoms with Crippen molar-refractivity contribution in [2.75, 3.05) is 0 Å². The van der Waals surface area contributed by atoms with E-state index < -0.39 is 0 Å². The van der Waals surface area contributed by atoms with Crippen molar-refractivity contribution < 1.29 is 4.79 Å². The fourth-order valence-corrected chi connectivity index (χ4v) is 2.63. The zero-order valence-electron chi connectivity index (χ0n) is 7.41. The van der Waals surface area contributed by atoms with Gasteiger partial charge in [-0.3, -0.25) is 0 Å². The number of allylic oxidation sites excluding steroid dienone is 2. The first kappa shape index (κ1) is 8.03. The summed E-state index contributed by atoms with van der Waals surface area (Å²) >= 11 is 0. The molecule has 2 rings (SSSR count). The molecule has 1 saturated carbocycles. The summed E-state index contributed by atoms with van der Waals surface area (Å²) in [7, 11) is 0. The summed E-state index contributed by atoms with van der Waals surface area (Å²) in [6, 6.07) is 0. The summed E-state index contributed by atoms with van der Waals surface area (Å²) in [5.74, 6) is 2.09. The molecule has 0 spiro atoms. The molecule has 1 heteroatoms. The van der Waals surface area contributed by atoms with Crippen LogP contribution in [0.15, 0.2) is 12.2 Å². The van der Waals surface area contributed by atoms with Crippen LogP contribution in [0.2, 0.25) is 0 Å². The number of carbonyl (C=O) groups excluding carboxylic acids is 1. The molecule has 0 radical (unpaired) electrons. The van der Waals surface area contributed by atoms with Crippen LogP contribution >= 0.6 is 0 Å². The fraction of sp³-hybridized carbons (Fsp3) is 0.727. The van der Waals surface area contributed by atoms with Gasteiger partial charge in [-0.05, 0) is 43.9 Å². The summed E-state index contributed by atoms with van der Waals surface area (Å²) in [6.07, 6.45) is 11.8. The molecular formula is C11H16O. The highest BCUT2D eigenvalue weighted by atomic mass is 16.1. The average Bonchev–Trinajstić information content (AvgIpc) is 2.17. The first-order valence-corrected chi connectivity index (χ1v) is 5.00. The van der Waals surface area contributed by atoms with Crippen LogP contribution in [-0.2, 0) is 4.79 Å². The number of rotatable bonds is 1. The molecule has 0 aliphatic heterocycles. The molecule has 0 heterocycles. The van der Waals surface area contributed by atoms with Crippen LogP contribution in [0.3, 0.4) is 0 Å². The van der Waals surface area contributed by atoms with Gasteiger partial charge in [0.25, 0.3) is 0 Å². The van der Waals surface area contributed by atoms with Gasteiger partial charge in [0, 0.05) is 5.92 Å². The molecule has 3 atom stereocenters. The van der Waals surface area contributed by atoms with Crippen LogP contribution in [0.25, 0.3) is 0 Å². The monoisotopic (exact) mass is 164 g/mol. The van der Waals surface area contributed by atoms with E-state index in [1.165, 1.54) is 19.3 Å². The van der Waals surface area contributed by atoms with Crippen molar-refractivity contribution in [2.45, 2.75) is 32.1 Å². The second kappa shape index (κ2) is 3.42. The Kier molecular flexibility index (Phi) is 2.29. The number of hydrogen-bond acceptors (Lipinski definition) is 1. The Labute approximate surface area is 73.8 Å². The Morgan fingerprint density at radius 3 is 2.58 bits per heavy atom. The van der Waals surface area contributed by atoms with Crippen LogP contribution in [0.5, 0.6) is 0 Å². The lowest BCUT2D eigenvalue weighted by Gasteiger charge is -2.35. The minimum absolute atomic E-state index is 0.373. The summed E-state index contributed by atoms with van der Waals surface area (Å²) in [5.41, 5.74) is 0. The van der Waals surface area contributed by atoms with E-state index in [-0.39, 0.29) is 0 Å². The number of aldehydes is 1. The van der Waals surface area contributed by atoms with Gasteiger partial charge in [-0.15, -0.1) is 0 Å². The molecule has 0 bridgehead atoms. The molecule has 0 saturated heterocycles. The van der Waals surface area contributed by atoms with Gasteiger partial charge in [0.1, 0.15) is 6.29 Å². The second-order valence-corrected chi connectivity index (χ2v) is 4.17. The van der Waals surface area contributed by atoms with E-state index in [0.29, 0.717) is 5.92 Å². The molecule has 0 aromatic rings. The zero-order chi connectivity index (χ0) is 8.39. The standard InChI is InChI=1S/C11H16O/c12-8-9-5-6-10-3-1-2-4-11(10)7-9/h1-2,8-11H,3-7H2. The number of fused-ring (bicyclic) bond motifs is 1. The molecule has 0 aromatic carbocycles. The molecule has 0 N–H and O–H groups in total. The van der Waals surface area contributed by atoms with Gasteiger partial charge < -0.3 is 4.79 Å². The van der Waals surface area contributed by atoms with Crippen LogP contribution in [-0.4, -0.2) is 6.29 Å². The molecule has 2 aliphatic rings. The first-order chi connectivity index (χ1) is 5.90. The third-order valence-corrected chi connectivity index (χ3v) is 3.42. The van der Waals surface area contributed by atoms with Gasteiger partial charge in [0.05, 0.1) is 0 Å². The third-order valence-electron chi connectivity index (χ3n) is 3.42. The summed E-state index contributed by atoms with van der Waals surface area (Å²) < 4.78 is 0. The summed E-state index contributed by atoms with van der Waals surface area (Å²) in [5, 5.41) is 0. The minimum atomic E-state index is 0.373. The van der Waals surface area contributed by atoms with Crippen molar-refractivity contribution in [3.63, 3.8) is 0 Å². The minimum Gasteiger partial charge on any atom is -0.303 e. The van der Waals surface area contributed by atoms with Gasteiger partial charge >= 0.3 is 0 Å². The molecule has 0 aromatic heterocycles. The second-order valence-electron chi connectivity index (χ2n) is 4.17. The van der Waals surface area contributed by atoms with Crippen LogP contribution in [0.4, 0.5) is 0 Å². The van der Waals surface area contributed by atoms with E-state index in [2.05, 4.69) is 12.2 Å². The molecule has 3 unspecified atom stereocenters. The Balaban J connectivity index is 1.99. The Hall–Kier alpha value is -0.590. The fourth-order valence-electron chi connectivity index (χ4n) is 2.63. The topological polar surface area (TPSA) is 17.1 Å². The van der Waals surface area contributed by atoms with Crippen LogP contribution in [0, 0.1) is 17.8 Å².